The number of benzene rings is 2. The first-order valence-electron chi connectivity index (χ1n) is 10.3. The molecular formula is C24H27N3O4. The highest BCUT2D eigenvalue weighted by atomic mass is 16.5. The molecule has 1 aliphatic rings. The van der Waals surface area contributed by atoms with Gasteiger partial charge in [-0.05, 0) is 31.4 Å². The Hall–Kier alpha value is -3.35. The fourth-order valence-electron chi connectivity index (χ4n) is 4.62. The molecule has 1 aliphatic heterocycles. The van der Waals surface area contributed by atoms with Crippen LogP contribution >= 0.6 is 0 Å². The van der Waals surface area contributed by atoms with Crippen molar-refractivity contribution in [3.63, 3.8) is 0 Å². The van der Waals surface area contributed by atoms with E-state index in [1.165, 1.54) is 0 Å². The van der Waals surface area contributed by atoms with Crippen LogP contribution in [0.25, 0.3) is 10.8 Å². The van der Waals surface area contributed by atoms with Crippen LogP contribution in [0.2, 0.25) is 0 Å². The third kappa shape index (κ3) is 3.44. The second kappa shape index (κ2) is 8.41. The van der Waals surface area contributed by atoms with Crippen molar-refractivity contribution in [1.29, 1.82) is 0 Å². The molecule has 1 fully saturated rings. The molecule has 162 valence electrons. The molecule has 0 unspecified atom stereocenters. The van der Waals surface area contributed by atoms with Gasteiger partial charge in [-0.2, -0.15) is 5.10 Å². The highest BCUT2D eigenvalue weighted by Gasteiger charge is 2.41. The summed E-state index contributed by atoms with van der Waals surface area (Å²) in [6, 6.07) is 12.0. The first-order valence-corrected chi connectivity index (χ1v) is 10.3. The zero-order valence-electron chi connectivity index (χ0n) is 18.3. The molecule has 31 heavy (non-hydrogen) atoms. The summed E-state index contributed by atoms with van der Waals surface area (Å²) in [6.45, 7) is 3.08. The van der Waals surface area contributed by atoms with E-state index in [9.17, 15) is 4.79 Å². The number of carbonyl (C=O) groups excluding carboxylic acids is 1. The fraction of sp³-hybridized carbons (Fsp3) is 0.375. The van der Waals surface area contributed by atoms with E-state index in [1.807, 2.05) is 24.3 Å². The van der Waals surface area contributed by atoms with Crippen molar-refractivity contribution in [3.05, 3.63) is 48.2 Å². The first kappa shape index (κ1) is 20.9. The summed E-state index contributed by atoms with van der Waals surface area (Å²) in [6.07, 6.45) is 3.11. The van der Waals surface area contributed by atoms with Crippen LogP contribution in [0.4, 0.5) is 5.82 Å². The first-order chi connectivity index (χ1) is 15.1. The number of piperidine rings is 1. The second-order valence-corrected chi connectivity index (χ2v) is 7.77. The molecule has 0 bridgehead atoms. The monoisotopic (exact) mass is 421 g/mol. The minimum Gasteiger partial charge on any atom is -0.493 e. The third-order valence-electron chi connectivity index (χ3n) is 6.37. The summed E-state index contributed by atoms with van der Waals surface area (Å²) in [4.78, 5) is 14.9. The molecule has 0 spiro atoms. The van der Waals surface area contributed by atoms with Crippen LogP contribution in [-0.4, -0.2) is 50.4 Å². The SMILES string of the molecule is COc1cc2c(N3CCC(C(C)=O)(c4ccccc4)CC3)nncc2c(OC)c1OC. The van der Waals surface area contributed by atoms with Crippen LogP contribution in [-0.2, 0) is 10.2 Å². The molecule has 0 radical (unpaired) electrons. The molecule has 0 N–H and O–H groups in total. The number of Topliss-reactive ketones (excluding diaryl/α,β-unsaturated/α-hetero) is 1. The standard InChI is InChI=1S/C24H27N3O4/c1-16(28)24(17-8-6-5-7-9-17)10-12-27(13-11-24)23-18-14-20(29-2)22(31-4)21(30-3)19(18)15-25-26-23/h5-9,14-15H,10-13H2,1-4H3. The van der Waals surface area contributed by atoms with E-state index in [-0.39, 0.29) is 5.78 Å². The van der Waals surface area contributed by atoms with Gasteiger partial charge in [-0.3, -0.25) is 4.79 Å². The van der Waals surface area contributed by atoms with Gasteiger partial charge < -0.3 is 19.1 Å². The van der Waals surface area contributed by atoms with Gasteiger partial charge in [0.15, 0.2) is 17.3 Å². The lowest BCUT2D eigenvalue weighted by atomic mass is 9.70. The Morgan fingerprint density at radius 1 is 0.968 bits per heavy atom. The summed E-state index contributed by atoms with van der Waals surface area (Å²) in [7, 11) is 4.77. The zero-order valence-corrected chi connectivity index (χ0v) is 18.3. The molecule has 4 rings (SSSR count). The molecule has 0 atom stereocenters. The molecule has 0 saturated carbocycles. The Morgan fingerprint density at radius 2 is 1.65 bits per heavy atom. The number of nitrogens with zero attached hydrogens (tertiary/aromatic N) is 3. The van der Waals surface area contributed by atoms with E-state index >= 15 is 0 Å². The Morgan fingerprint density at radius 3 is 2.23 bits per heavy atom. The predicted molar refractivity (Wildman–Crippen MR) is 119 cm³/mol. The fourth-order valence-corrected chi connectivity index (χ4v) is 4.62. The maximum atomic E-state index is 12.7. The molecule has 7 nitrogen and oxygen atoms in total. The normalized spacial score (nSPS) is 15.5. The minimum absolute atomic E-state index is 0.204. The predicted octanol–water partition coefficient (Wildman–Crippen LogP) is 3.78. The van der Waals surface area contributed by atoms with Gasteiger partial charge in [-0.15, -0.1) is 5.10 Å². The van der Waals surface area contributed by atoms with Crippen LogP contribution in [0.5, 0.6) is 17.2 Å². The maximum absolute atomic E-state index is 12.7. The van der Waals surface area contributed by atoms with Crippen molar-refractivity contribution in [1.82, 2.24) is 10.2 Å². The highest BCUT2D eigenvalue weighted by molar-refractivity contribution is 5.99. The molecule has 7 heteroatoms. The van der Waals surface area contributed by atoms with Gasteiger partial charge in [-0.25, -0.2) is 0 Å². The van der Waals surface area contributed by atoms with Gasteiger partial charge in [0.2, 0.25) is 5.75 Å². The number of ether oxygens (including phenoxy) is 3. The number of hydrogen-bond donors (Lipinski definition) is 0. The molecule has 3 aromatic rings. The summed E-state index contributed by atoms with van der Waals surface area (Å²) < 4.78 is 16.7. The van der Waals surface area contributed by atoms with Gasteiger partial charge in [-0.1, -0.05) is 30.3 Å². The average Bonchev–Trinajstić information content (AvgIpc) is 2.82. The van der Waals surface area contributed by atoms with Gasteiger partial charge in [0.25, 0.3) is 0 Å². The van der Waals surface area contributed by atoms with Crippen molar-refractivity contribution < 1.29 is 19.0 Å². The molecule has 0 amide bonds. The molecule has 1 saturated heterocycles. The Labute approximate surface area is 181 Å². The number of rotatable bonds is 6. The summed E-state index contributed by atoms with van der Waals surface area (Å²) >= 11 is 0. The van der Waals surface area contributed by atoms with Crippen molar-refractivity contribution >= 4 is 22.4 Å². The van der Waals surface area contributed by atoms with E-state index in [2.05, 4.69) is 27.2 Å². The molecule has 2 aromatic carbocycles. The average molecular weight is 421 g/mol. The number of methoxy groups -OCH3 is 3. The van der Waals surface area contributed by atoms with Gasteiger partial charge in [0.05, 0.1) is 38.3 Å². The Kier molecular flexibility index (Phi) is 5.67. The van der Waals surface area contributed by atoms with E-state index in [0.29, 0.717) is 30.3 Å². The number of anilines is 1. The molecule has 2 heterocycles. The van der Waals surface area contributed by atoms with Gasteiger partial charge in [0.1, 0.15) is 5.78 Å². The van der Waals surface area contributed by atoms with Crippen LogP contribution in [0.15, 0.2) is 42.6 Å². The van der Waals surface area contributed by atoms with Crippen molar-refractivity contribution in [3.8, 4) is 17.2 Å². The van der Waals surface area contributed by atoms with E-state index in [1.54, 1.807) is 34.4 Å². The number of hydrogen-bond acceptors (Lipinski definition) is 7. The molecule has 1 aromatic heterocycles. The summed E-state index contributed by atoms with van der Waals surface area (Å²) in [5.74, 6) is 2.61. The largest absolute Gasteiger partial charge is 0.493 e. The topological polar surface area (TPSA) is 73.8 Å². The summed E-state index contributed by atoms with van der Waals surface area (Å²) in [5, 5.41) is 10.3. The number of carbonyl (C=O) groups is 1. The Bertz CT molecular complexity index is 1090. The number of fused-ring (bicyclic) bond motifs is 1. The Balaban J connectivity index is 1.73. The lowest BCUT2D eigenvalue weighted by Crippen LogP contribution is -2.47. The smallest absolute Gasteiger partial charge is 0.204 e. The van der Waals surface area contributed by atoms with Crippen molar-refractivity contribution in [2.24, 2.45) is 0 Å². The van der Waals surface area contributed by atoms with Crippen LogP contribution in [0.1, 0.15) is 25.3 Å². The van der Waals surface area contributed by atoms with Crippen LogP contribution < -0.4 is 19.1 Å². The van der Waals surface area contributed by atoms with Crippen molar-refractivity contribution in [2.75, 3.05) is 39.3 Å². The molecular weight excluding hydrogens is 394 g/mol. The van der Waals surface area contributed by atoms with Gasteiger partial charge >= 0.3 is 0 Å². The minimum atomic E-state index is -0.464. The van der Waals surface area contributed by atoms with Crippen LogP contribution in [0.3, 0.4) is 0 Å². The van der Waals surface area contributed by atoms with Gasteiger partial charge in [0, 0.05) is 18.5 Å². The van der Waals surface area contributed by atoms with Crippen LogP contribution in [0, 0.1) is 0 Å². The highest BCUT2D eigenvalue weighted by Crippen LogP contribution is 2.46. The van der Waals surface area contributed by atoms with E-state index in [4.69, 9.17) is 14.2 Å². The quantitative estimate of drug-likeness (QED) is 0.600. The second-order valence-electron chi connectivity index (χ2n) is 7.77. The number of ketones is 1. The van der Waals surface area contributed by atoms with E-state index < -0.39 is 5.41 Å². The lowest BCUT2D eigenvalue weighted by Gasteiger charge is -2.41. The molecule has 0 aliphatic carbocycles. The number of aromatic nitrogens is 2. The zero-order chi connectivity index (χ0) is 22.0. The third-order valence-corrected chi connectivity index (χ3v) is 6.37. The van der Waals surface area contributed by atoms with Crippen molar-refractivity contribution in [2.45, 2.75) is 25.2 Å². The summed E-state index contributed by atoms with van der Waals surface area (Å²) in [5.41, 5.74) is 0.619. The lowest BCUT2D eigenvalue weighted by molar-refractivity contribution is -0.123. The maximum Gasteiger partial charge on any atom is 0.204 e. The van der Waals surface area contributed by atoms with E-state index in [0.717, 1.165) is 35.0 Å².